The second kappa shape index (κ2) is 8.35. The minimum Gasteiger partial charge on any atom is -0.390 e. The van der Waals surface area contributed by atoms with Crippen molar-refractivity contribution in [1.29, 1.82) is 0 Å². The lowest BCUT2D eigenvalue weighted by atomic mass is 10.1. The number of carbonyl (C=O) groups excluding carboxylic acids is 1. The van der Waals surface area contributed by atoms with Gasteiger partial charge in [0, 0.05) is 19.6 Å². The number of benzene rings is 1. The van der Waals surface area contributed by atoms with Crippen molar-refractivity contribution < 1.29 is 23.1 Å². The van der Waals surface area contributed by atoms with Crippen molar-refractivity contribution in [2.75, 3.05) is 18.8 Å². The molecular weight excluding hydrogens is 379 g/mol. The summed E-state index contributed by atoms with van der Waals surface area (Å²) in [7, 11) is 0. The van der Waals surface area contributed by atoms with Crippen molar-refractivity contribution in [1.82, 2.24) is 14.5 Å². The van der Waals surface area contributed by atoms with Crippen LogP contribution in [0.15, 0.2) is 35.6 Å². The largest absolute Gasteiger partial charge is 0.416 e. The van der Waals surface area contributed by atoms with Crippen molar-refractivity contribution >= 4 is 17.7 Å². The van der Waals surface area contributed by atoms with Crippen molar-refractivity contribution in [2.45, 2.75) is 37.3 Å². The van der Waals surface area contributed by atoms with Crippen molar-refractivity contribution in [2.24, 2.45) is 0 Å². The molecule has 1 aliphatic rings. The molecule has 1 fully saturated rings. The van der Waals surface area contributed by atoms with Crippen LogP contribution in [-0.4, -0.2) is 44.3 Å². The van der Waals surface area contributed by atoms with Crippen LogP contribution < -0.4 is 0 Å². The SMILES string of the molecule is O=C(CSc1ncc(CO)n1Cc1cccc(C(F)(F)F)c1)N1CCCC1. The van der Waals surface area contributed by atoms with E-state index in [1.54, 1.807) is 15.5 Å². The Morgan fingerprint density at radius 1 is 1.26 bits per heavy atom. The first-order valence-electron chi connectivity index (χ1n) is 8.60. The number of thioether (sulfide) groups is 1. The van der Waals surface area contributed by atoms with Crippen LogP contribution in [0.4, 0.5) is 13.2 Å². The van der Waals surface area contributed by atoms with Crippen LogP contribution >= 0.6 is 11.8 Å². The van der Waals surface area contributed by atoms with Gasteiger partial charge >= 0.3 is 6.18 Å². The summed E-state index contributed by atoms with van der Waals surface area (Å²) in [5.41, 5.74) is 0.220. The number of aliphatic hydroxyl groups is 1. The molecule has 1 aliphatic heterocycles. The van der Waals surface area contributed by atoms with Crippen molar-refractivity contribution in [3.05, 3.63) is 47.3 Å². The summed E-state index contributed by atoms with van der Waals surface area (Å²) in [6.07, 6.45) is -0.911. The highest BCUT2D eigenvalue weighted by Crippen LogP contribution is 2.30. The number of likely N-dealkylation sites (tertiary alicyclic amines) is 1. The highest BCUT2D eigenvalue weighted by atomic mass is 32.2. The Balaban J connectivity index is 1.75. The summed E-state index contributed by atoms with van der Waals surface area (Å²) in [4.78, 5) is 18.2. The lowest BCUT2D eigenvalue weighted by Gasteiger charge is -2.16. The molecule has 1 saturated heterocycles. The number of amides is 1. The standard InChI is InChI=1S/C18H20F3N3O2S/c19-18(20,21)14-5-3-4-13(8-14)10-24-15(11-25)9-22-17(24)27-12-16(26)23-6-1-2-7-23/h3-5,8-9,25H,1-2,6-7,10-12H2. The van der Waals surface area contributed by atoms with Gasteiger partial charge in [0.1, 0.15) is 0 Å². The molecule has 0 atom stereocenters. The Morgan fingerprint density at radius 3 is 2.67 bits per heavy atom. The molecule has 0 saturated carbocycles. The molecule has 3 rings (SSSR count). The van der Waals surface area contributed by atoms with Crippen LogP contribution in [-0.2, 0) is 24.1 Å². The normalized spacial score (nSPS) is 14.7. The van der Waals surface area contributed by atoms with E-state index in [4.69, 9.17) is 0 Å². The average molecular weight is 399 g/mol. The molecule has 146 valence electrons. The zero-order chi connectivity index (χ0) is 19.4. The zero-order valence-corrected chi connectivity index (χ0v) is 15.4. The Hall–Kier alpha value is -2.00. The minimum atomic E-state index is -4.41. The maximum absolute atomic E-state index is 12.9. The van der Waals surface area contributed by atoms with Gasteiger partial charge in [-0.15, -0.1) is 0 Å². The van der Waals surface area contributed by atoms with Crippen LogP contribution in [0, 0.1) is 0 Å². The van der Waals surface area contributed by atoms with Crippen LogP contribution in [0.5, 0.6) is 0 Å². The summed E-state index contributed by atoms with van der Waals surface area (Å²) in [6, 6.07) is 5.07. The summed E-state index contributed by atoms with van der Waals surface area (Å²) < 4.78 is 40.4. The van der Waals surface area contributed by atoms with Gasteiger partial charge in [0.2, 0.25) is 5.91 Å². The Morgan fingerprint density at radius 2 is 2.00 bits per heavy atom. The second-order valence-electron chi connectivity index (χ2n) is 6.35. The molecule has 0 radical (unpaired) electrons. The summed E-state index contributed by atoms with van der Waals surface area (Å²) >= 11 is 1.23. The number of hydrogen-bond acceptors (Lipinski definition) is 4. The lowest BCUT2D eigenvalue weighted by Crippen LogP contribution is -2.29. The molecule has 27 heavy (non-hydrogen) atoms. The lowest BCUT2D eigenvalue weighted by molar-refractivity contribution is -0.137. The fourth-order valence-corrected chi connectivity index (χ4v) is 3.92. The number of hydrogen-bond donors (Lipinski definition) is 1. The van der Waals surface area contributed by atoms with Gasteiger partial charge in [-0.25, -0.2) is 4.98 Å². The molecule has 1 aromatic carbocycles. The number of halogens is 3. The van der Waals surface area contributed by atoms with Crippen LogP contribution in [0.1, 0.15) is 29.7 Å². The van der Waals surface area contributed by atoms with Gasteiger partial charge in [-0.05, 0) is 30.5 Å². The smallest absolute Gasteiger partial charge is 0.390 e. The third kappa shape index (κ3) is 4.84. The van der Waals surface area contributed by atoms with E-state index in [-0.39, 0.29) is 24.8 Å². The summed E-state index contributed by atoms with van der Waals surface area (Å²) in [5, 5.41) is 10.0. The number of aromatic nitrogens is 2. The van der Waals surface area contributed by atoms with Gasteiger partial charge in [0.05, 0.1) is 29.8 Å². The molecular formula is C18H20F3N3O2S. The summed E-state index contributed by atoms with van der Waals surface area (Å²) in [6.45, 7) is 1.38. The van der Waals surface area contributed by atoms with Gasteiger partial charge in [-0.2, -0.15) is 13.2 Å². The first-order chi connectivity index (χ1) is 12.9. The number of imidazole rings is 1. The van der Waals surface area contributed by atoms with Crippen molar-refractivity contribution in [3.8, 4) is 0 Å². The van der Waals surface area contributed by atoms with E-state index in [1.807, 2.05) is 0 Å². The number of carbonyl (C=O) groups is 1. The third-order valence-corrected chi connectivity index (χ3v) is 5.42. The quantitative estimate of drug-likeness (QED) is 0.759. The van der Waals surface area contributed by atoms with Crippen molar-refractivity contribution in [3.63, 3.8) is 0 Å². The first-order valence-corrected chi connectivity index (χ1v) is 9.59. The van der Waals surface area contributed by atoms with E-state index >= 15 is 0 Å². The van der Waals surface area contributed by atoms with E-state index in [2.05, 4.69) is 4.98 Å². The van der Waals surface area contributed by atoms with Gasteiger partial charge in [0.25, 0.3) is 0 Å². The van der Waals surface area contributed by atoms with E-state index in [9.17, 15) is 23.1 Å². The highest BCUT2D eigenvalue weighted by molar-refractivity contribution is 7.99. The van der Waals surface area contributed by atoms with Gasteiger partial charge in [-0.3, -0.25) is 4.79 Å². The molecule has 0 unspecified atom stereocenters. The fraction of sp³-hybridized carbons (Fsp3) is 0.444. The van der Waals surface area contributed by atoms with Crippen LogP contribution in [0.25, 0.3) is 0 Å². The van der Waals surface area contributed by atoms with Crippen LogP contribution in [0.2, 0.25) is 0 Å². The molecule has 0 aliphatic carbocycles. The minimum absolute atomic E-state index is 0.0247. The van der Waals surface area contributed by atoms with E-state index in [0.717, 1.165) is 38.1 Å². The molecule has 2 heterocycles. The number of rotatable bonds is 6. The van der Waals surface area contributed by atoms with E-state index in [1.165, 1.54) is 24.0 Å². The monoisotopic (exact) mass is 399 g/mol. The second-order valence-corrected chi connectivity index (χ2v) is 7.29. The topological polar surface area (TPSA) is 58.4 Å². The molecule has 1 aromatic heterocycles. The average Bonchev–Trinajstić information content (AvgIpc) is 3.29. The number of alkyl halides is 3. The van der Waals surface area contributed by atoms with Gasteiger partial charge in [0.15, 0.2) is 5.16 Å². The molecule has 2 aromatic rings. The molecule has 1 amide bonds. The fourth-order valence-electron chi connectivity index (χ4n) is 3.02. The number of aliphatic hydroxyl groups excluding tert-OH is 1. The van der Waals surface area contributed by atoms with E-state index < -0.39 is 11.7 Å². The highest BCUT2D eigenvalue weighted by Gasteiger charge is 2.30. The van der Waals surface area contributed by atoms with Gasteiger partial charge < -0.3 is 14.6 Å². The predicted octanol–water partition coefficient (Wildman–Crippen LogP) is 3.16. The van der Waals surface area contributed by atoms with Gasteiger partial charge in [-0.1, -0.05) is 23.9 Å². The summed E-state index contributed by atoms with van der Waals surface area (Å²) in [5.74, 6) is 0.237. The Bertz CT molecular complexity index is 801. The van der Waals surface area contributed by atoms with E-state index in [0.29, 0.717) is 16.4 Å². The Kier molecular flexibility index (Phi) is 6.11. The Labute approximate surface area is 159 Å². The third-order valence-electron chi connectivity index (χ3n) is 4.44. The predicted molar refractivity (Wildman–Crippen MR) is 95.2 cm³/mol. The maximum Gasteiger partial charge on any atom is 0.416 e. The molecule has 5 nitrogen and oxygen atoms in total. The molecule has 1 N–H and O–H groups in total. The molecule has 0 bridgehead atoms. The maximum atomic E-state index is 12.9. The number of nitrogens with zero attached hydrogens (tertiary/aromatic N) is 3. The van der Waals surface area contributed by atoms with Crippen LogP contribution in [0.3, 0.4) is 0 Å². The first kappa shape index (κ1) is 19.8. The zero-order valence-electron chi connectivity index (χ0n) is 14.6. The molecule has 0 spiro atoms. The molecule has 9 heteroatoms.